The second-order valence-corrected chi connectivity index (χ2v) is 17.3. The Labute approximate surface area is 236 Å². The SMILES string of the molecule is C[C@H]1CN(C)CCN1c1nc(NCc2nc3c(F)cccc3n2COCC[Si](C)(C)C)n2ncc(C(F)(F)F)c2n1. The first-order valence-corrected chi connectivity index (χ1v) is 17.3. The molecule has 1 saturated heterocycles. The summed E-state index contributed by atoms with van der Waals surface area (Å²) in [6.07, 6.45) is -3.89. The van der Waals surface area contributed by atoms with Crippen molar-refractivity contribution in [2.24, 2.45) is 0 Å². The van der Waals surface area contributed by atoms with E-state index in [0.717, 1.165) is 29.8 Å². The lowest BCUT2D eigenvalue weighted by Gasteiger charge is -2.38. The molecule has 0 bridgehead atoms. The molecule has 0 saturated carbocycles. The number of rotatable bonds is 9. The highest BCUT2D eigenvalue weighted by Gasteiger charge is 2.37. The number of aromatic nitrogens is 6. The monoisotopic (exact) mass is 593 g/mol. The Morgan fingerprint density at radius 2 is 1.90 bits per heavy atom. The van der Waals surface area contributed by atoms with Gasteiger partial charge in [-0.05, 0) is 32.1 Å². The molecule has 0 aliphatic carbocycles. The molecule has 1 fully saturated rings. The molecular formula is C26H35F4N9OSi. The highest BCUT2D eigenvalue weighted by Crippen LogP contribution is 2.33. The number of hydrogen-bond donors (Lipinski definition) is 1. The Morgan fingerprint density at radius 3 is 2.61 bits per heavy atom. The van der Waals surface area contributed by atoms with Crippen LogP contribution in [-0.4, -0.2) is 81.4 Å². The molecule has 0 amide bonds. The van der Waals surface area contributed by atoms with E-state index in [1.165, 1.54) is 6.07 Å². The third-order valence-corrected chi connectivity index (χ3v) is 8.88. The number of likely N-dealkylation sites (N-methyl/N-ethyl adjacent to an activating group) is 1. The molecule has 5 rings (SSSR count). The van der Waals surface area contributed by atoms with E-state index in [-0.39, 0.29) is 42.4 Å². The van der Waals surface area contributed by atoms with Crippen LogP contribution in [0.15, 0.2) is 24.4 Å². The number of fused-ring (bicyclic) bond motifs is 2. The molecule has 1 atom stereocenters. The van der Waals surface area contributed by atoms with E-state index in [0.29, 0.717) is 24.5 Å². The number of nitrogens with zero attached hydrogens (tertiary/aromatic N) is 8. The summed E-state index contributed by atoms with van der Waals surface area (Å²) in [5.41, 5.74) is -0.536. The van der Waals surface area contributed by atoms with E-state index in [1.807, 2.05) is 18.9 Å². The summed E-state index contributed by atoms with van der Waals surface area (Å²) in [6, 6.07) is 5.66. The van der Waals surface area contributed by atoms with Crippen LogP contribution in [0.25, 0.3) is 16.7 Å². The van der Waals surface area contributed by atoms with E-state index < -0.39 is 25.6 Å². The van der Waals surface area contributed by atoms with Gasteiger partial charge in [0.05, 0.1) is 18.3 Å². The first-order chi connectivity index (χ1) is 19.3. The second kappa shape index (κ2) is 11.2. The Hall–Kier alpha value is -3.30. The molecule has 10 nitrogen and oxygen atoms in total. The van der Waals surface area contributed by atoms with E-state index >= 15 is 0 Å². The predicted molar refractivity (Wildman–Crippen MR) is 151 cm³/mol. The summed E-state index contributed by atoms with van der Waals surface area (Å²) < 4.78 is 65.0. The predicted octanol–water partition coefficient (Wildman–Crippen LogP) is 4.70. The number of hydrogen-bond acceptors (Lipinski definition) is 8. The van der Waals surface area contributed by atoms with Gasteiger partial charge >= 0.3 is 6.18 Å². The number of benzene rings is 1. The van der Waals surface area contributed by atoms with Gasteiger partial charge in [-0.3, -0.25) is 0 Å². The zero-order chi connectivity index (χ0) is 29.5. The number of imidazole rings is 1. The summed E-state index contributed by atoms with van der Waals surface area (Å²) >= 11 is 0. The lowest BCUT2D eigenvalue weighted by molar-refractivity contribution is -0.136. The number of anilines is 2. The second-order valence-electron chi connectivity index (χ2n) is 11.7. The Bertz CT molecular complexity index is 1530. The van der Waals surface area contributed by atoms with Gasteiger partial charge in [-0.2, -0.15) is 32.8 Å². The van der Waals surface area contributed by atoms with Crippen molar-refractivity contribution in [1.82, 2.24) is 34.0 Å². The number of halogens is 4. The van der Waals surface area contributed by atoms with E-state index in [4.69, 9.17) is 4.74 Å². The van der Waals surface area contributed by atoms with Crippen LogP contribution in [0.5, 0.6) is 0 Å². The fourth-order valence-electron chi connectivity index (χ4n) is 4.88. The van der Waals surface area contributed by atoms with Crippen LogP contribution in [0.3, 0.4) is 0 Å². The average molecular weight is 594 g/mol. The minimum Gasteiger partial charge on any atom is -0.361 e. The molecule has 1 N–H and O–H groups in total. The van der Waals surface area contributed by atoms with Crippen molar-refractivity contribution in [2.45, 2.75) is 58.1 Å². The molecule has 41 heavy (non-hydrogen) atoms. The maximum atomic E-state index is 14.7. The standard InChI is InChI=1S/C26H35F4N9OSi/c1-17-15-36(2)9-10-37(17)25-34-23-18(26(28,29)30)13-32-39(23)24(35-25)31-14-21-33-22-19(27)7-6-8-20(22)38(21)16-40-11-12-41(3,4)5/h6-8,13,17H,9-12,14-16H2,1-5H3,(H,31,34,35)/t17-/m0/s1. The van der Waals surface area contributed by atoms with Gasteiger partial charge in [0.2, 0.25) is 11.9 Å². The molecule has 222 valence electrons. The molecule has 1 aliphatic rings. The first kappa shape index (κ1) is 29.2. The quantitative estimate of drug-likeness (QED) is 0.170. The lowest BCUT2D eigenvalue weighted by atomic mass is 10.2. The molecule has 0 radical (unpaired) electrons. The van der Waals surface area contributed by atoms with Crippen molar-refractivity contribution >= 4 is 36.7 Å². The van der Waals surface area contributed by atoms with Gasteiger partial charge < -0.3 is 24.4 Å². The summed E-state index contributed by atoms with van der Waals surface area (Å²) in [7, 11) is 0.679. The highest BCUT2D eigenvalue weighted by atomic mass is 28.3. The van der Waals surface area contributed by atoms with Crippen molar-refractivity contribution in [1.29, 1.82) is 0 Å². The van der Waals surface area contributed by atoms with Crippen LogP contribution in [0.1, 0.15) is 18.3 Å². The minimum atomic E-state index is -4.64. The number of nitrogens with one attached hydrogen (secondary N) is 1. The minimum absolute atomic E-state index is 0.0122. The smallest absolute Gasteiger partial charge is 0.361 e. The molecule has 3 aromatic heterocycles. The molecule has 1 aliphatic heterocycles. The third-order valence-electron chi connectivity index (χ3n) is 7.18. The molecule has 1 aromatic carbocycles. The maximum Gasteiger partial charge on any atom is 0.421 e. The van der Waals surface area contributed by atoms with Crippen LogP contribution in [-0.2, 0) is 24.2 Å². The summed E-state index contributed by atoms with van der Waals surface area (Å²) in [4.78, 5) is 17.4. The van der Waals surface area contributed by atoms with E-state index in [1.54, 1.807) is 16.7 Å². The van der Waals surface area contributed by atoms with Crippen LogP contribution in [0.2, 0.25) is 25.7 Å². The number of piperazine rings is 1. The van der Waals surface area contributed by atoms with Gasteiger partial charge in [-0.15, -0.1) is 0 Å². The molecule has 0 unspecified atom stereocenters. The zero-order valence-corrected chi connectivity index (χ0v) is 24.8. The van der Waals surface area contributed by atoms with E-state index in [9.17, 15) is 17.6 Å². The van der Waals surface area contributed by atoms with Crippen molar-refractivity contribution in [3.8, 4) is 0 Å². The van der Waals surface area contributed by atoms with Crippen molar-refractivity contribution in [3.63, 3.8) is 0 Å². The van der Waals surface area contributed by atoms with Crippen molar-refractivity contribution in [3.05, 3.63) is 41.6 Å². The van der Waals surface area contributed by atoms with Crippen LogP contribution < -0.4 is 10.2 Å². The van der Waals surface area contributed by atoms with Crippen LogP contribution >= 0.6 is 0 Å². The number of alkyl halides is 3. The zero-order valence-electron chi connectivity index (χ0n) is 23.8. The van der Waals surface area contributed by atoms with Crippen molar-refractivity contribution < 1.29 is 22.3 Å². The van der Waals surface area contributed by atoms with E-state index in [2.05, 4.69) is 49.9 Å². The van der Waals surface area contributed by atoms with Gasteiger partial charge in [0.15, 0.2) is 11.5 Å². The van der Waals surface area contributed by atoms with Crippen molar-refractivity contribution in [2.75, 3.05) is 43.5 Å². The molecule has 15 heteroatoms. The van der Waals surface area contributed by atoms with Crippen LogP contribution in [0, 0.1) is 5.82 Å². The number of para-hydroxylation sites is 1. The van der Waals surface area contributed by atoms with Gasteiger partial charge in [0.1, 0.15) is 23.6 Å². The summed E-state index contributed by atoms with van der Waals surface area (Å²) in [5.74, 6) is 0.232. The first-order valence-electron chi connectivity index (χ1n) is 13.6. The molecule has 4 aromatic rings. The molecule has 4 heterocycles. The number of ether oxygens (including phenoxy) is 1. The summed E-state index contributed by atoms with van der Waals surface area (Å²) in [6.45, 7) is 11.5. The molecular weight excluding hydrogens is 558 g/mol. The summed E-state index contributed by atoms with van der Waals surface area (Å²) in [5, 5.41) is 7.05. The Balaban J connectivity index is 1.49. The third kappa shape index (κ3) is 6.31. The highest BCUT2D eigenvalue weighted by molar-refractivity contribution is 6.76. The average Bonchev–Trinajstić information content (AvgIpc) is 3.47. The van der Waals surface area contributed by atoms with Gasteiger partial charge in [-0.1, -0.05) is 25.7 Å². The molecule has 0 spiro atoms. The van der Waals surface area contributed by atoms with Gasteiger partial charge in [0.25, 0.3) is 0 Å². The maximum absolute atomic E-state index is 14.7. The fourth-order valence-corrected chi connectivity index (χ4v) is 5.63. The fraction of sp³-hybridized carbons (Fsp3) is 0.538. The Kier molecular flexibility index (Phi) is 7.96. The normalized spacial score (nSPS) is 17.2. The lowest BCUT2D eigenvalue weighted by Crippen LogP contribution is -2.51. The van der Waals surface area contributed by atoms with Gasteiger partial charge in [-0.25, -0.2) is 9.37 Å². The van der Waals surface area contributed by atoms with Gasteiger partial charge in [0, 0.05) is 40.4 Å². The largest absolute Gasteiger partial charge is 0.421 e. The van der Waals surface area contributed by atoms with Crippen LogP contribution in [0.4, 0.5) is 29.5 Å². The Morgan fingerprint density at radius 1 is 1.12 bits per heavy atom. The topological polar surface area (TPSA) is 88.6 Å².